The maximum atomic E-state index is 11.5. The second-order valence-electron chi connectivity index (χ2n) is 5.17. The normalized spacial score (nSPS) is 12.8. The average Bonchev–Trinajstić information content (AvgIpc) is 2.12. The van der Waals surface area contributed by atoms with Crippen LogP contribution in [0.2, 0.25) is 0 Å². The van der Waals surface area contributed by atoms with Crippen molar-refractivity contribution in [3.05, 3.63) is 0 Å². The van der Waals surface area contributed by atoms with Crippen molar-refractivity contribution >= 4 is 15.7 Å². The van der Waals surface area contributed by atoms with E-state index in [1.807, 2.05) is 13.8 Å². The SMILES string of the molecule is CC(C)NCCC(=O)NCC(C)(C)S(C)(=O)=O. The monoisotopic (exact) mass is 264 g/mol. The van der Waals surface area contributed by atoms with E-state index >= 15 is 0 Å². The van der Waals surface area contributed by atoms with Crippen molar-refractivity contribution in [2.75, 3.05) is 19.3 Å². The molecule has 0 radical (unpaired) electrons. The Kier molecular flexibility index (Phi) is 6.12. The van der Waals surface area contributed by atoms with Crippen LogP contribution in [-0.4, -0.2) is 44.5 Å². The molecule has 102 valence electrons. The summed E-state index contributed by atoms with van der Waals surface area (Å²) >= 11 is 0. The predicted octanol–water partition coefficient (Wildman–Crippen LogP) is 0.314. The summed E-state index contributed by atoms with van der Waals surface area (Å²) in [6.45, 7) is 7.97. The minimum absolute atomic E-state index is 0.130. The molecule has 1 amide bonds. The smallest absolute Gasteiger partial charge is 0.221 e. The van der Waals surface area contributed by atoms with Crippen molar-refractivity contribution in [3.63, 3.8) is 0 Å². The van der Waals surface area contributed by atoms with E-state index in [2.05, 4.69) is 10.6 Å². The van der Waals surface area contributed by atoms with Crippen LogP contribution in [0.25, 0.3) is 0 Å². The highest BCUT2D eigenvalue weighted by Gasteiger charge is 2.30. The Morgan fingerprint density at radius 1 is 1.29 bits per heavy atom. The van der Waals surface area contributed by atoms with Crippen molar-refractivity contribution < 1.29 is 13.2 Å². The predicted molar refractivity (Wildman–Crippen MR) is 69.7 cm³/mol. The molecule has 0 aromatic carbocycles. The van der Waals surface area contributed by atoms with Crippen LogP contribution >= 0.6 is 0 Å². The zero-order chi connectivity index (χ0) is 13.7. The number of nitrogens with one attached hydrogen (secondary N) is 2. The molecule has 0 bridgehead atoms. The van der Waals surface area contributed by atoms with Gasteiger partial charge in [-0.2, -0.15) is 0 Å². The van der Waals surface area contributed by atoms with Crippen molar-refractivity contribution in [2.45, 2.75) is 44.9 Å². The molecule has 0 aromatic heterocycles. The van der Waals surface area contributed by atoms with Crippen molar-refractivity contribution in [1.82, 2.24) is 10.6 Å². The molecule has 0 rings (SSSR count). The fourth-order valence-electron chi connectivity index (χ4n) is 1.01. The third-order valence-corrected chi connectivity index (χ3v) is 4.77. The van der Waals surface area contributed by atoms with E-state index in [0.717, 1.165) is 0 Å². The molecule has 0 aliphatic carbocycles. The summed E-state index contributed by atoms with van der Waals surface area (Å²) in [4.78, 5) is 11.5. The van der Waals surface area contributed by atoms with Gasteiger partial charge in [0.05, 0.1) is 4.75 Å². The Balaban J connectivity index is 4.01. The molecule has 0 saturated carbocycles. The molecule has 17 heavy (non-hydrogen) atoms. The fraction of sp³-hybridized carbons (Fsp3) is 0.909. The highest BCUT2D eigenvalue weighted by atomic mass is 32.2. The number of hydrogen-bond donors (Lipinski definition) is 2. The molecule has 0 aliphatic heterocycles. The van der Waals surface area contributed by atoms with Gasteiger partial charge in [-0.15, -0.1) is 0 Å². The lowest BCUT2D eigenvalue weighted by Gasteiger charge is -2.22. The van der Waals surface area contributed by atoms with Gasteiger partial charge in [-0.1, -0.05) is 13.8 Å². The summed E-state index contributed by atoms with van der Waals surface area (Å²) < 4.78 is 21.9. The second-order valence-corrected chi connectivity index (χ2v) is 7.82. The van der Waals surface area contributed by atoms with Gasteiger partial charge in [0.2, 0.25) is 5.91 Å². The van der Waals surface area contributed by atoms with E-state index < -0.39 is 14.6 Å². The molecule has 0 fully saturated rings. The number of rotatable bonds is 7. The summed E-state index contributed by atoms with van der Waals surface area (Å²) in [6.07, 6.45) is 1.54. The van der Waals surface area contributed by atoms with E-state index in [4.69, 9.17) is 0 Å². The first-order valence-corrected chi connectivity index (χ1v) is 7.65. The fourth-order valence-corrected chi connectivity index (χ4v) is 1.34. The van der Waals surface area contributed by atoms with E-state index in [9.17, 15) is 13.2 Å². The first kappa shape index (κ1) is 16.4. The maximum Gasteiger partial charge on any atom is 0.221 e. The standard InChI is InChI=1S/C11H24N2O3S/c1-9(2)12-7-6-10(14)13-8-11(3,4)17(5,15)16/h9,12H,6-8H2,1-5H3,(H,13,14). The van der Waals surface area contributed by atoms with Crippen LogP contribution in [0.4, 0.5) is 0 Å². The van der Waals surface area contributed by atoms with Crippen LogP contribution in [0.15, 0.2) is 0 Å². The number of carbonyl (C=O) groups excluding carboxylic acids is 1. The Morgan fingerprint density at radius 3 is 2.24 bits per heavy atom. The number of amides is 1. The van der Waals surface area contributed by atoms with Gasteiger partial charge in [-0.25, -0.2) is 8.42 Å². The lowest BCUT2D eigenvalue weighted by atomic mass is 10.2. The van der Waals surface area contributed by atoms with Crippen LogP contribution in [0.1, 0.15) is 34.1 Å². The Hall–Kier alpha value is -0.620. The van der Waals surface area contributed by atoms with Crippen LogP contribution in [0.5, 0.6) is 0 Å². The lowest BCUT2D eigenvalue weighted by molar-refractivity contribution is -0.121. The van der Waals surface area contributed by atoms with Gasteiger partial charge in [0.15, 0.2) is 9.84 Å². The first-order valence-electron chi connectivity index (χ1n) is 5.76. The van der Waals surface area contributed by atoms with Gasteiger partial charge in [-0.3, -0.25) is 4.79 Å². The summed E-state index contributed by atoms with van der Waals surface area (Å²) in [5, 5.41) is 5.77. The molecule has 0 aromatic rings. The second kappa shape index (κ2) is 6.35. The van der Waals surface area contributed by atoms with E-state index in [1.165, 1.54) is 6.26 Å². The molecule has 6 heteroatoms. The maximum absolute atomic E-state index is 11.5. The third kappa shape index (κ3) is 6.63. The molecule has 0 unspecified atom stereocenters. The van der Waals surface area contributed by atoms with Gasteiger partial charge in [-0.05, 0) is 13.8 Å². The van der Waals surface area contributed by atoms with E-state index in [-0.39, 0.29) is 12.5 Å². The summed E-state index contributed by atoms with van der Waals surface area (Å²) in [6, 6.07) is 0.343. The molecular weight excluding hydrogens is 240 g/mol. The van der Waals surface area contributed by atoms with Crippen LogP contribution in [0.3, 0.4) is 0 Å². The van der Waals surface area contributed by atoms with Gasteiger partial charge in [0.1, 0.15) is 0 Å². The summed E-state index contributed by atoms with van der Waals surface area (Å²) in [5.74, 6) is -0.130. The highest BCUT2D eigenvalue weighted by molar-refractivity contribution is 7.92. The molecule has 2 N–H and O–H groups in total. The van der Waals surface area contributed by atoms with Gasteiger partial charge >= 0.3 is 0 Å². The van der Waals surface area contributed by atoms with Crippen molar-refractivity contribution in [2.24, 2.45) is 0 Å². The largest absolute Gasteiger partial charge is 0.354 e. The number of sulfone groups is 1. The number of carbonyl (C=O) groups is 1. The van der Waals surface area contributed by atoms with E-state index in [0.29, 0.717) is 19.0 Å². The van der Waals surface area contributed by atoms with E-state index in [1.54, 1.807) is 13.8 Å². The van der Waals surface area contributed by atoms with Gasteiger partial charge in [0, 0.05) is 31.8 Å². The zero-order valence-corrected chi connectivity index (χ0v) is 12.1. The molecule has 0 heterocycles. The lowest BCUT2D eigenvalue weighted by Crippen LogP contribution is -2.44. The molecule has 0 spiro atoms. The molecular formula is C11H24N2O3S. The molecule has 5 nitrogen and oxygen atoms in total. The van der Waals surface area contributed by atoms with Crippen molar-refractivity contribution in [1.29, 1.82) is 0 Å². The average molecular weight is 264 g/mol. The zero-order valence-electron chi connectivity index (χ0n) is 11.3. The highest BCUT2D eigenvalue weighted by Crippen LogP contribution is 2.13. The minimum atomic E-state index is -3.16. The van der Waals surface area contributed by atoms with Gasteiger partial charge in [0.25, 0.3) is 0 Å². The molecule has 0 saturated heterocycles. The van der Waals surface area contributed by atoms with Crippen LogP contribution in [0, 0.1) is 0 Å². The Bertz CT molecular complexity index is 348. The quantitative estimate of drug-likeness (QED) is 0.694. The summed E-state index contributed by atoms with van der Waals surface area (Å²) in [7, 11) is -3.16. The first-order chi connectivity index (χ1) is 7.56. The van der Waals surface area contributed by atoms with Crippen LogP contribution < -0.4 is 10.6 Å². The molecule has 0 atom stereocenters. The number of hydrogen-bond acceptors (Lipinski definition) is 4. The van der Waals surface area contributed by atoms with Crippen LogP contribution in [-0.2, 0) is 14.6 Å². The summed E-state index contributed by atoms with van der Waals surface area (Å²) in [5.41, 5.74) is 0. The third-order valence-electron chi connectivity index (χ3n) is 2.62. The topological polar surface area (TPSA) is 75.3 Å². The van der Waals surface area contributed by atoms with Gasteiger partial charge < -0.3 is 10.6 Å². The molecule has 0 aliphatic rings. The Morgan fingerprint density at radius 2 is 1.82 bits per heavy atom. The Labute approximate surface area is 104 Å². The minimum Gasteiger partial charge on any atom is -0.354 e. The van der Waals surface area contributed by atoms with Crippen molar-refractivity contribution in [3.8, 4) is 0 Å².